The van der Waals surface area contributed by atoms with Gasteiger partial charge >= 0.3 is 0 Å². The first-order chi connectivity index (χ1) is 14.4. The lowest BCUT2D eigenvalue weighted by Gasteiger charge is -2.24. The molecule has 3 heterocycles. The van der Waals surface area contributed by atoms with Crippen LogP contribution in [0.4, 0.5) is 5.82 Å². The normalized spacial score (nSPS) is 11.0. The van der Waals surface area contributed by atoms with Crippen molar-refractivity contribution in [2.75, 3.05) is 5.73 Å². The predicted molar refractivity (Wildman–Crippen MR) is 115 cm³/mol. The van der Waals surface area contributed by atoms with E-state index >= 15 is 0 Å². The van der Waals surface area contributed by atoms with Gasteiger partial charge in [0.05, 0.1) is 11.7 Å². The molecule has 8 heteroatoms. The summed E-state index contributed by atoms with van der Waals surface area (Å²) in [5.74, 6) is 0.266. The third-order valence-corrected chi connectivity index (χ3v) is 5.11. The summed E-state index contributed by atoms with van der Waals surface area (Å²) in [5.41, 5.74) is 11.8. The number of amides is 1. The van der Waals surface area contributed by atoms with Gasteiger partial charge in [-0.1, -0.05) is 12.1 Å². The number of carbonyl (C=O) groups excluding carboxylic acids is 1. The summed E-state index contributed by atoms with van der Waals surface area (Å²) < 4.78 is 0. The molecule has 0 bridgehead atoms. The molecule has 0 aliphatic heterocycles. The van der Waals surface area contributed by atoms with Crippen molar-refractivity contribution >= 4 is 22.6 Å². The summed E-state index contributed by atoms with van der Waals surface area (Å²) in [6.07, 6.45) is 1.43. The quantitative estimate of drug-likeness (QED) is 0.531. The molecule has 4 rings (SSSR count). The third kappa shape index (κ3) is 3.98. The highest BCUT2D eigenvalue weighted by Gasteiger charge is 2.21. The number of nitrogens with one attached hydrogen (secondary N) is 1. The average Bonchev–Trinajstić information content (AvgIpc) is 3.24. The number of rotatable bonds is 5. The minimum absolute atomic E-state index is 0.207. The number of aromatic nitrogens is 5. The Morgan fingerprint density at radius 1 is 1.07 bits per heavy atom. The topological polar surface area (TPSA) is 114 Å². The number of anilines is 1. The molecule has 8 nitrogen and oxygen atoms in total. The molecule has 0 spiro atoms. The smallest absolute Gasteiger partial charge is 0.276 e. The van der Waals surface area contributed by atoms with E-state index in [9.17, 15) is 4.79 Å². The van der Waals surface area contributed by atoms with Crippen molar-refractivity contribution in [3.05, 3.63) is 76.4 Å². The van der Waals surface area contributed by atoms with Crippen LogP contribution >= 0.6 is 0 Å². The standard InChI is InChI=1S/C22H23N7O/c1-13-8-21(23)26-15(3)18(13)12-29(22(30)20-10-24-28-27-20)11-16-5-7-19-17(9-16)6-4-14(2)25-19/h4-10H,11-12H2,1-3H3,(H2,23,26)(H,24,27,28). The lowest BCUT2D eigenvalue weighted by atomic mass is 10.1. The van der Waals surface area contributed by atoms with Crippen LogP contribution in [0.15, 0.2) is 42.6 Å². The Balaban J connectivity index is 1.69. The van der Waals surface area contributed by atoms with Crippen molar-refractivity contribution < 1.29 is 4.79 Å². The average molecular weight is 401 g/mol. The second kappa shape index (κ2) is 7.90. The van der Waals surface area contributed by atoms with Gasteiger partial charge in [0.1, 0.15) is 5.82 Å². The fraction of sp³-hybridized carbons (Fsp3) is 0.227. The van der Waals surface area contributed by atoms with Gasteiger partial charge < -0.3 is 10.6 Å². The van der Waals surface area contributed by atoms with Crippen LogP contribution in [-0.4, -0.2) is 36.2 Å². The van der Waals surface area contributed by atoms with Crippen molar-refractivity contribution in [2.45, 2.75) is 33.9 Å². The second-order valence-electron chi connectivity index (χ2n) is 7.42. The molecule has 152 valence electrons. The van der Waals surface area contributed by atoms with Crippen molar-refractivity contribution in [1.82, 2.24) is 30.3 Å². The zero-order valence-corrected chi connectivity index (χ0v) is 17.2. The maximum atomic E-state index is 13.2. The first-order valence-electron chi connectivity index (χ1n) is 9.64. The predicted octanol–water partition coefficient (Wildman–Crippen LogP) is 3.10. The SMILES string of the molecule is Cc1ccc2cc(CN(Cc3c(C)cc(N)nc3C)C(=O)c3cn[nH]n3)ccc2n1. The minimum atomic E-state index is -0.207. The highest BCUT2D eigenvalue weighted by atomic mass is 16.2. The zero-order valence-electron chi connectivity index (χ0n) is 17.2. The van der Waals surface area contributed by atoms with E-state index in [1.807, 2.05) is 51.1 Å². The van der Waals surface area contributed by atoms with Crippen molar-refractivity contribution in [3.63, 3.8) is 0 Å². The highest BCUT2D eigenvalue weighted by molar-refractivity contribution is 5.92. The maximum Gasteiger partial charge on any atom is 0.276 e. The second-order valence-corrected chi connectivity index (χ2v) is 7.42. The molecular weight excluding hydrogens is 378 g/mol. The van der Waals surface area contributed by atoms with Crippen LogP contribution in [0.1, 0.15) is 38.6 Å². The molecule has 0 radical (unpaired) electrons. The summed E-state index contributed by atoms with van der Waals surface area (Å²) in [4.78, 5) is 23.8. The zero-order chi connectivity index (χ0) is 21.3. The molecule has 0 aliphatic carbocycles. The van der Waals surface area contributed by atoms with Crippen LogP contribution < -0.4 is 5.73 Å². The Labute approximate surface area is 174 Å². The van der Waals surface area contributed by atoms with Gasteiger partial charge in [0.15, 0.2) is 5.69 Å². The van der Waals surface area contributed by atoms with Crippen molar-refractivity contribution in [2.24, 2.45) is 0 Å². The van der Waals surface area contributed by atoms with E-state index in [1.165, 1.54) is 6.20 Å². The fourth-order valence-electron chi connectivity index (χ4n) is 3.58. The summed E-state index contributed by atoms with van der Waals surface area (Å²) >= 11 is 0. The van der Waals surface area contributed by atoms with E-state index in [1.54, 1.807) is 4.90 Å². The molecule has 0 aliphatic rings. The monoisotopic (exact) mass is 401 g/mol. The Morgan fingerprint density at radius 3 is 2.63 bits per heavy atom. The number of H-pyrrole nitrogens is 1. The van der Waals surface area contributed by atoms with Gasteiger partial charge in [0, 0.05) is 29.9 Å². The molecule has 1 aromatic carbocycles. The van der Waals surface area contributed by atoms with Crippen LogP contribution in [0.3, 0.4) is 0 Å². The number of hydrogen-bond acceptors (Lipinski definition) is 6. The number of fused-ring (bicyclic) bond motifs is 1. The molecule has 30 heavy (non-hydrogen) atoms. The molecular formula is C22H23N7O. The van der Waals surface area contributed by atoms with Crippen LogP contribution in [0.25, 0.3) is 10.9 Å². The Hall–Kier alpha value is -3.81. The van der Waals surface area contributed by atoms with E-state index in [0.29, 0.717) is 18.9 Å². The van der Waals surface area contributed by atoms with E-state index < -0.39 is 0 Å². The Bertz CT molecular complexity index is 1190. The van der Waals surface area contributed by atoms with E-state index in [-0.39, 0.29) is 11.6 Å². The van der Waals surface area contributed by atoms with Gasteiger partial charge in [0.2, 0.25) is 0 Å². The van der Waals surface area contributed by atoms with Crippen molar-refractivity contribution in [3.8, 4) is 0 Å². The molecule has 0 saturated carbocycles. The number of pyridine rings is 2. The van der Waals surface area contributed by atoms with Gasteiger partial charge in [-0.05, 0) is 61.7 Å². The van der Waals surface area contributed by atoms with Crippen LogP contribution in [0.5, 0.6) is 0 Å². The number of hydrogen-bond donors (Lipinski definition) is 2. The molecule has 0 fully saturated rings. The van der Waals surface area contributed by atoms with Gasteiger partial charge in [-0.2, -0.15) is 15.4 Å². The summed E-state index contributed by atoms with van der Waals surface area (Å²) in [6.45, 7) is 6.65. The minimum Gasteiger partial charge on any atom is -0.384 e. The first kappa shape index (κ1) is 19.5. The number of nitrogens with two attached hydrogens (primary N) is 1. The first-order valence-corrected chi connectivity index (χ1v) is 9.64. The molecule has 0 atom stereocenters. The van der Waals surface area contributed by atoms with Gasteiger partial charge in [0.25, 0.3) is 5.91 Å². The van der Waals surface area contributed by atoms with Gasteiger partial charge in [-0.25, -0.2) is 4.98 Å². The third-order valence-electron chi connectivity index (χ3n) is 5.11. The van der Waals surface area contributed by atoms with Gasteiger partial charge in [-0.15, -0.1) is 0 Å². The lowest BCUT2D eigenvalue weighted by molar-refractivity contribution is 0.0723. The Morgan fingerprint density at radius 2 is 1.90 bits per heavy atom. The summed E-state index contributed by atoms with van der Waals surface area (Å²) in [6, 6.07) is 11.9. The van der Waals surface area contributed by atoms with E-state index in [4.69, 9.17) is 5.73 Å². The number of aromatic amines is 1. The van der Waals surface area contributed by atoms with Crippen LogP contribution in [0, 0.1) is 20.8 Å². The number of benzene rings is 1. The lowest BCUT2D eigenvalue weighted by Crippen LogP contribution is -2.31. The highest BCUT2D eigenvalue weighted by Crippen LogP contribution is 2.21. The number of carbonyl (C=O) groups is 1. The molecule has 4 aromatic rings. The molecule has 3 aromatic heterocycles. The molecule has 1 amide bonds. The molecule has 0 unspecified atom stereocenters. The fourth-order valence-corrected chi connectivity index (χ4v) is 3.58. The van der Waals surface area contributed by atoms with Crippen molar-refractivity contribution in [1.29, 1.82) is 0 Å². The number of aryl methyl sites for hydroxylation is 3. The maximum absolute atomic E-state index is 13.2. The number of nitrogens with zero attached hydrogens (tertiary/aromatic N) is 5. The summed E-state index contributed by atoms with van der Waals surface area (Å²) in [7, 11) is 0. The van der Waals surface area contributed by atoms with Gasteiger partial charge in [-0.3, -0.25) is 9.78 Å². The largest absolute Gasteiger partial charge is 0.384 e. The van der Waals surface area contributed by atoms with E-state index in [2.05, 4.69) is 31.4 Å². The molecule has 0 saturated heterocycles. The van der Waals surface area contributed by atoms with Crippen LogP contribution in [-0.2, 0) is 13.1 Å². The number of nitrogen functional groups attached to an aromatic ring is 1. The molecule has 3 N–H and O–H groups in total. The van der Waals surface area contributed by atoms with Crippen LogP contribution in [0.2, 0.25) is 0 Å². The Kier molecular flexibility index (Phi) is 5.14. The summed E-state index contributed by atoms with van der Waals surface area (Å²) in [5, 5.41) is 11.3. The van der Waals surface area contributed by atoms with E-state index in [0.717, 1.165) is 39.0 Å².